The number of fused-ring (bicyclic) bond motifs is 1. The smallest absolute Gasteiger partial charge is 0.313 e. The molecular formula is C9H7F2NO. The molecule has 0 radical (unpaired) electrons. The molecule has 68 valence electrons. The molecule has 0 fully saturated rings. The molecule has 4 heteroatoms. The summed E-state index contributed by atoms with van der Waals surface area (Å²) >= 11 is 0. The first-order valence-electron chi connectivity index (χ1n) is 3.82. The molecular weight excluding hydrogens is 176 g/mol. The molecule has 0 unspecified atom stereocenters. The minimum atomic E-state index is -3.24. The van der Waals surface area contributed by atoms with Crippen LogP contribution in [-0.4, -0.2) is 11.7 Å². The van der Waals surface area contributed by atoms with Gasteiger partial charge in [-0.05, 0) is 23.8 Å². The van der Waals surface area contributed by atoms with Gasteiger partial charge in [0.2, 0.25) is 5.78 Å². The largest absolute Gasteiger partial charge is 0.399 e. The molecule has 0 spiro atoms. The maximum absolute atomic E-state index is 12.9. The van der Waals surface area contributed by atoms with E-state index in [2.05, 4.69) is 0 Å². The second-order valence-electron chi connectivity index (χ2n) is 3.13. The Morgan fingerprint density at radius 3 is 2.77 bits per heavy atom. The lowest BCUT2D eigenvalue weighted by Crippen LogP contribution is -2.23. The van der Waals surface area contributed by atoms with Crippen molar-refractivity contribution in [1.82, 2.24) is 0 Å². The number of nitrogens with two attached hydrogens (primary N) is 1. The van der Waals surface area contributed by atoms with Gasteiger partial charge in [0.15, 0.2) is 0 Å². The highest BCUT2D eigenvalue weighted by Gasteiger charge is 2.46. The summed E-state index contributed by atoms with van der Waals surface area (Å²) in [4.78, 5) is 11.0. The number of halogens is 2. The molecule has 1 aliphatic rings. The topological polar surface area (TPSA) is 43.1 Å². The molecule has 13 heavy (non-hydrogen) atoms. The SMILES string of the molecule is Nc1ccc2c(c1)CC(F)(F)C2=O. The summed E-state index contributed by atoms with van der Waals surface area (Å²) in [6.45, 7) is 0. The van der Waals surface area contributed by atoms with Crippen LogP contribution in [-0.2, 0) is 6.42 Å². The van der Waals surface area contributed by atoms with Gasteiger partial charge >= 0.3 is 5.92 Å². The Morgan fingerprint density at radius 2 is 2.08 bits per heavy atom. The summed E-state index contributed by atoms with van der Waals surface area (Å²) in [5.74, 6) is -4.33. The predicted octanol–water partition coefficient (Wildman–Crippen LogP) is 1.64. The van der Waals surface area contributed by atoms with Crippen molar-refractivity contribution in [1.29, 1.82) is 0 Å². The lowest BCUT2D eigenvalue weighted by Gasteiger charge is -2.02. The number of nitrogen functional groups attached to an aromatic ring is 1. The van der Waals surface area contributed by atoms with Gasteiger partial charge in [-0.2, -0.15) is 8.78 Å². The van der Waals surface area contributed by atoms with Crippen LogP contribution in [0.4, 0.5) is 14.5 Å². The highest BCUT2D eigenvalue weighted by Crippen LogP contribution is 2.34. The quantitative estimate of drug-likeness (QED) is 0.621. The van der Waals surface area contributed by atoms with Gasteiger partial charge in [-0.25, -0.2) is 0 Å². The average molecular weight is 183 g/mol. The highest BCUT2D eigenvalue weighted by molar-refractivity contribution is 6.06. The van der Waals surface area contributed by atoms with Gasteiger partial charge in [-0.1, -0.05) is 0 Å². The Balaban J connectivity index is 2.57. The van der Waals surface area contributed by atoms with Crippen LogP contribution >= 0.6 is 0 Å². The van der Waals surface area contributed by atoms with E-state index in [0.717, 1.165) is 0 Å². The predicted molar refractivity (Wildman–Crippen MR) is 43.8 cm³/mol. The van der Waals surface area contributed by atoms with Crippen molar-refractivity contribution in [2.24, 2.45) is 0 Å². The zero-order valence-corrected chi connectivity index (χ0v) is 6.68. The van der Waals surface area contributed by atoms with Crippen molar-refractivity contribution in [2.75, 3.05) is 5.73 Å². The second kappa shape index (κ2) is 2.28. The van der Waals surface area contributed by atoms with Crippen molar-refractivity contribution >= 4 is 11.5 Å². The number of alkyl halides is 2. The lowest BCUT2D eigenvalue weighted by molar-refractivity contribution is 0.0168. The van der Waals surface area contributed by atoms with E-state index < -0.39 is 18.1 Å². The van der Waals surface area contributed by atoms with E-state index in [4.69, 9.17) is 5.73 Å². The zero-order valence-electron chi connectivity index (χ0n) is 6.68. The first kappa shape index (κ1) is 8.16. The molecule has 0 amide bonds. The number of rotatable bonds is 0. The van der Waals surface area contributed by atoms with Crippen molar-refractivity contribution in [3.63, 3.8) is 0 Å². The van der Waals surface area contributed by atoms with Crippen LogP contribution in [0.15, 0.2) is 18.2 Å². The minimum Gasteiger partial charge on any atom is -0.399 e. The van der Waals surface area contributed by atoms with E-state index in [1.54, 1.807) is 0 Å². The Bertz CT molecular complexity index is 387. The molecule has 0 saturated heterocycles. The highest BCUT2D eigenvalue weighted by atomic mass is 19.3. The molecule has 1 aliphatic carbocycles. The van der Waals surface area contributed by atoms with Crippen LogP contribution in [0.3, 0.4) is 0 Å². The third kappa shape index (κ3) is 1.09. The number of carbonyl (C=O) groups excluding carboxylic acids is 1. The normalized spacial score (nSPS) is 18.8. The first-order valence-corrected chi connectivity index (χ1v) is 3.82. The molecule has 2 nitrogen and oxygen atoms in total. The monoisotopic (exact) mass is 183 g/mol. The maximum atomic E-state index is 12.9. The molecule has 1 aromatic carbocycles. The van der Waals surface area contributed by atoms with Crippen LogP contribution in [0.1, 0.15) is 15.9 Å². The molecule has 0 aromatic heterocycles. The Hall–Kier alpha value is -1.45. The van der Waals surface area contributed by atoms with Gasteiger partial charge in [0.25, 0.3) is 0 Å². The van der Waals surface area contributed by atoms with Gasteiger partial charge in [0.1, 0.15) is 0 Å². The number of benzene rings is 1. The number of ketones is 1. The number of hydrogen-bond donors (Lipinski definition) is 1. The molecule has 1 aromatic rings. The van der Waals surface area contributed by atoms with Crippen molar-refractivity contribution in [3.05, 3.63) is 29.3 Å². The summed E-state index contributed by atoms with van der Waals surface area (Å²) in [5, 5.41) is 0. The van der Waals surface area contributed by atoms with Crippen LogP contribution in [0, 0.1) is 0 Å². The van der Waals surface area contributed by atoms with Crippen LogP contribution in [0.25, 0.3) is 0 Å². The second-order valence-corrected chi connectivity index (χ2v) is 3.13. The summed E-state index contributed by atoms with van der Waals surface area (Å²) in [6.07, 6.45) is -0.522. The van der Waals surface area contributed by atoms with Crippen LogP contribution in [0.2, 0.25) is 0 Å². The minimum absolute atomic E-state index is 0.0965. The number of Topliss-reactive ketones (excluding diaryl/α,β-unsaturated/α-hetero) is 1. The van der Waals surface area contributed by atoms with Crippen LogP contribution < -0.4 is 5.73 Å². The molecule has 2 N–H and O–H groups in total. The average Bonchev–Trinajstić information content (AvgIpc) is 2.22. The van der Waals surface area contributed by atoms with E-state index >= 15 is 0 Å². The number of anilines is 1. The summed E-state index contributed by atoms with van der Waals surface area (Å²) in [6, 6.07) is 4.24. The van der Waals surface area contributed by atoms with E-state index in [1.165, 1.54) is 18.2 Å². The Morgan fingerprint density at radius 1 is 1.38 bits per heavy atom. The van der Waals surface area contributed by atoms with E-state index in [0.29, 0.717) is 11.3 Å². The zero-order chi connectivity index (χ0) is 9.64. The molecule has 0 aliphatic heterocycles. The van der Waals surface area contributed by atoms with E-state index in [-0.39, 0.29) is 5.56 Å². The molecule has 0 heterocycles. The number of hydrogen-bond acceptors (Lipinski definition) is 2. The van der Waals surface area contributed by atoms with Crippen LogP contribution in [0.5, 0.6) is 0 Å². The summed E-state index contributed by atoms with van der Waals surface area (Å²) < 4.78 is 25.7. The van der Waals surface area contributed by atoms with E-state index in [9.17, 15) is 13.6 Å². The van der Waals surface area contributed by atoms with Crippen molar-refractivity contribution in [2.45, 2.75) is 12.3 Å². The molecule has 2 rings (SSSR count). The summed E-state index contributed by atoms with van der Waals surface area (Å²) in [5.41, 5.74) is 6.25. The van der Waals surface area contributed by atoms with Crippen molar-refractivity contribution in [3.8, 4) is 0 Å². The maximum Gasteiger partial charge on any atom is 0.313 e. The first-order chi connectivity index (χ1) is 6.00. The Kier molecular flexibility index (Phi) is 1.43. The van der Waals surface area contributed by atoms with E-state index in [1.807, 2.05) is 0 Å². The van der Waals surface area contributed by atoms with Crippen molar-refractivity contribution < 1.29 is 13.6 Å². The third-order valence-corrected chi connectivity index (χ3v) is 2.12. The number of carbonyl (C=O) groups is 1. The lowest BCUT2D eigenvalue weighted by atomic mass is 10.1. The molecule has 0 bridgehead atoms. The fraction of sp³-hybridized carbons (Fsp3) is 0.222. The third-order valence-electron chi connectivity index (χ3n) is 2.12. The fourth-order valence-corrected chi connectivity index (χ4v) is 1.50. The molecule has 0 saturated carbocycles. The fourth-order valence-electron chi connectivity index (χ4n) is 1.50. The van der Waals surface area contributed by atoms with Gasteiger partial charge in [0.05, 0.1) is 0 Å². The summed E-state index contributed by atoms with van der Waals surface area (Å²) in [7, 11) is 0. The Labute approximate surface area is 73.4 Å². The van der Waals surface area contributed by atoms with Gasteiger partial charge in [-0.15, -0.1) is 0 Å². The van der Waals surface area contributed by atoms with Gasteiger partial charge in [0, 0.05) is 17.7 Å². The van der Waals surface area contributed by atoms with Gasteiger partial charge in [-0.3, -0.25) is 4.79 Å². The van der Waals surface area contributed by atoms with Gasteiger partial charge < -0.3 is 5.73 Å². The molecule has 0 atom stereocenters. The standard InChI is InChI=1S/C9H7F2NO/c10-9(11)4-5-3-6(12)1-2-7(5)8(9)13/h1-3H,4,12H2.